The Morgan fingerprint density at radius 1 is 1.42 bits per heavy atom. The fourth-order valence-corrected chi connectivity index (χ4v) is 4.30. The van der Waals surface area contributed by atoms with Crippen molar-refractivity contribution in [3.63, 3.8) is 0 Å². The Bertz CT molecular complexity index is 595. The van der Waals surface area contributed by atoms with Gasteiger partial charge in [-0.25, -0.2) is 0 Å². The Kier molecular flexibility index (Phi) is 3.89. The number of hydrogen-bond acceptors (Lipinski definition) is 2. The van der Waals surface area contributed by atoms with Gasteiger partial charge < -0.3 is 4.90 Å². The number of amides is 1. The van der Waals surface area contributed by atoms with E-state index in [1.165, 1.54) is 4.70 Å². The molecule has 2 heterocycles. The van der Waals surface area contributed by atoms with E-state index in [1.807, 2.05) is 28.5 Å². The molecule has 0 radical (unpaired) electrons. The smallest absolute Gasteiger partial charge is 0.255 e. The number of alkyl halides is 1. The van der Waals surface area contributed by atoms with Crippen LogP contribution in [0.2, 0.25) is 0 Å². The second-order valence-electron chi connectivity index (χ2n) is 5.03. The van der Waals surface area contributed by atoms with Crippen LogP contribution in [0.25, 0.3) is 10.1 Å². The van der Waals surface area contributed by atoms with E-state index in [0.717, 1.165) is 42.2 Å². The SMILES string of the molecule is O=C(c1csc2ccccc12)N1CCC(CCBr)C1. The maximum absolute atomic E-state index is 12.6. The molecule has 1 aromatic heterocycles. The van der Waals surface area contributed by atoms with Gasteiger partial charge in [-0.3, -0.25) is 4.79 Å². The molecule has 0 spiro atoms. The Morgan fingerprint density at radius 3 is 3.11 bits per heavy atom. The van der Waals surface area contributed by atoms with E-state index in [1.54, 1.807) is 11.3 Å². The number of carbonyl (C=O) groups excluding carboxylic acids is 1. The molecule has 2 aromatic rings. The third kappa shape index (κ3) is 2.56. The molecule has 0 bridgehead atoms. The molecule has 1 aliphatic heterocycles. The van der Waals surface area contributed by atoms with Gasteiger partial charge in [-0.2, -0.15) is 0 Å². The van der Waals surface area contributed by atoms with Gasteiger partial charge in [0, 0.05) is 33.9 Å². The zero-order valence-electron chi connectivity index (χ0n) is 10.6. The first kappa shape index (κ1) is 13.1. The van der Waals surface area contributed by atoms with Crippen molar-refractivity contribution in [2.24, 2.45) is 5.92 Å². The summed E-state index contributed by atoms with van der Waals surface area (Å²) in [4.78, 5) is 14.6. The van der Waals surface area contributed by atoms with Crippen molar-refractivity contribution in [3.05, 3.63) is 35.2 Å². The molecule has 3 rings (SSSR count). The summed E-state index contributed by atoms with van der Waals surface area (Å²) in [6, 6.07) is 8.15. The average Bonchev–Trinajstić information content (AvgIpc) is 3.05. The highest BCUT2D eigenvalue weighted by Crippen LogP contribution is 2.29. The molecule has 0 saturated carbocycles. The number of carbonyl (C=O) groups is 1. The highest BCUT2D eigenvalue weighted by Gasteiger charge is 2.27. The fraction of sp³-hybridized carbons (Fsp3) is 0.400. The number of rotatable bonds is 3. The second kappa shape index (κ2) is 5.63. The Balaban J connectivity index is 1.81. The van der Waals surface area contributed by atoms with Gasteiger partial charge in [0.2, 0.25) is 0 Å². The minimum Gasteiger partial charge on any atom is -0.338 e. The van der Waals surface area contributed by atoms with Crippen LogP contribution in [0.15, 0.2) is 29.6 Å². The van der Waals surface area contributed by atoms with Crippen molar-refractivity contribution in [3.8, 4) is 0 Å². The molecule has 1 fully saturated rings. The summed E-state index contributed by atoms with van der Waals surface area (Å²) in [6.07, 6.45) is 2.30. The molecule has 1 aromatic carbocycles. The zero-order valence-corrected chi connectivity index (χ0v) is 13.0. The lowest BCUT2D eigenvalue weighted by atomic mass is 10.1. The summed E-state index contributed by atoms with van der Waals surface area (Å²) < 4.78 is 1.20. The maximum Gasteiger partial charge on any atom is 0.255 e. The minimum absolute atomic E-state index is 0.203. The first-order valence-corrected chi connectivity index (χ1v) is 8.61. The molecule has 1 amide bonds. The van der Waals surface area contributed by atoms with E-state index in [2.05, 4.69) is 22.0 Å². The zero-order chi connectivity index (χ0) is 13.2. The number of nitrogens with zero attached hydrogens (tertiary/aromatic N) is 1. The van der Waals surface area contributed by atoms with Crippen LogP contribution in [-0.2, 0) is 0 Å². The molecule has 4 heteroatoms. The quantitative estimate of drug-likeness (QED) is 0.770. The van der Waals surface area contributed by atoms with Gasteiger partial charge in [0.1, 0.15) is 0 Å². The first-order chi connectivity index (χ1) is 9.29. The third-order valence-corrected chi connectivity index (χ3v) is 5.22. The van der Waals surface area contributed by atoms with Crippen molar-refractivity contribution >= 4 is 43.3 Å². The highest BCUT2D eigenvalue weighted by atomic mass is 79.9. The topological polar surface area (TPSA) is 20.3 Å². The molecular weight excluding hydrogens is 322 g/mol. The number of fused-ring (bicyclic) bond motifs is 1. The summed E-state index contributed by atoms with van der Waals surface area (Å²) in [7, 11) is 0. The van der Waals surface area contributed by atoms with E-state index in [4.69, 9.17) is 0 Å². The second-order valence-corrected chi connectivity index (χ2v) is 6.73. The van der Waals surface area contributed by atoms with Crippen LogP contribution in [0, 0.1) is 5.92 Å². The van der Waals surface area contributed by atoms with Crippen LogP contribution in [-0.4, -0.2) is 29.2 Å². The monoisotopic (exact) mass is 337 g/mol. The van der Waals surface area contributed by atoms with Crippen molar-refractivity contribution in [1.82, 2.24) is 4.90 Å². The molecule has 1 aliphatic rings. The van der Waals surface area contributed by atoms with Gasteiger partial charge in [-0.1, -0.05) is 34.1 Å². The molecule has 19 heavy (non-hydrogen) atoms. The van der Waals surface area contributed by atoms with E-state index >= 15 is 0 Å². The van der Waals surface area contributed by atoms with Crippen LogP contribution in [0.1, 0.15) is 23.2 Å². The summed E-state index contributed by atoms with van der Waals surface area (Å²) in [5.74, 6) is 0.864. The standard InChI is InChI=1S/C15H16BrNOS/c16-7-5-11-6-8-17(9-11)15(18)13-10-19-14-4-2-1-3-12(13)14/h1-4,10-11H,5-9H2. The predicted octanol–water partition coefficient (Wildman–Crippen LogP) is 4.15. The molecule has 100 valence electrons. The van der Waals surface area contributed by atoms with Crippen molar-refractivity contribution in [2.45, 2.75) is 12.8 Å². The molecule has 1 atom stereocenters. The van der Waals surface area contributed by atoms with Gasteiger partial charge >= 0.3 is 0 Å². The molecule has 0 aliphatic carbocycles. The third-order valence-electron chi connectivity index (χ3n) is 3.80. The predicted molar refractivity (Wildman–Crippen MR) is 84.2 cm³/mol. The minimum atomic E-state index is 0.203. The number of halogens is 1. The number of thiophene rings is 1. The highest BCUT2D eigenvalue weighted by molar-refractivity contribution is 9.09. The summed E-state index contributed by atoms with van der Waals surface area (Å²) in [5, 5.41) is 4.13. The molecule has 1 saturated heterocycles. The summed E-state index contributed by atoms with van der Waals surface area (Å²) in [5.41, 5.74) is 0.875. The average molecular weight is 338 g/mol. The Morgan fingerprint density at radius 2 is 2.26 bits per heavy atom. The van der Waals surface area contributed by atoms with Gasteiger partial charge in [-0.05, 0) is 24.8 Å². The van der Waals surface area contributed by atoms with Crippen LogP contribution >= 0.6 is 27.3 Å². The van der Waals surface area contributed by atoms with Gasteiger partial charge in [0.15, 0.2) is 0 Å². The maximum atomic E-state index is 12.6. The van der Waals surface area contributed by atoms with E-state index in [0.29, 0.717) is 5.92 Å². The van der Waals surface area contributed by atoms with Gasteiger partial charge in [0.05, 0.1) is 5.56 Å². The van der Waals surface area contributed by atoms with Crippen molar-refractivity contribution < 1.29 is 4.79 Å². The van der Waals surface area contributed by atoms with Crippen LogP contribution in [0.4, 0.5) is 0 Å². The van der Waals surface area contributed by atoms with E-state index in [9.17, 15) is 4.79 Å². The molecule has 1 unspecified atom stereocenters. The van der Waals surface area contributed by atoms with Crippen LogP contribution < -0.4 is 0 Å². The largest absolute Gasteiger partial charge is 0.338 e. The van der Waals surface area contributed by atoms with Gasteiger partial charge in [-0.15, -0.1) is 11.3 Å². The Labute approximate surface area is 125 Å². The van der Waals surface area contributed by atoms with Crippen LogP contribution in [0.3, 0.4) is 0 Å². The number of benzene rings is 1. The number of likely N-dealkylation sites (tertiary alicyclic amines) is 1. The lowest BCUT2D eigenvalue weighted by Gasteiger charge is -2.16. The summed E-state index contributed by atoms with van der Waals surface area (Å²) >= 11 is 5.14. The Hall–Kier alpha value is -0.870. The van der Waals surface area contributed by atoms with Crippen molar-refractivity contribution in [2.75, 3.05) is 18.4 Å². The lowest BCUT2D eigenvalue weighted by Crippen LogP contribution is -2.28. The fourth-order valence-electron chi connectivity index (χ4n) is 2.72. The molecule has 2 nitrogen and oxygen atoms in total. The van der Waals surface area contributed by atoms with Gasteiger partial charge in [0.25, 0.3) is 5.91 Å². The lowest BCUT2D eigenvalue weighted by molar-refractivity contribution is 0.0789. The first-order valence-electron chi connectivity index (χ1n) is 6.61. The van der Waals surface area contributed by atoms with Crippen molar-refractivity contribution in [1.29, 1.82) is 0 Å². The molecule has 0 N–H and O–H groups in total. The number of hydrogen-bond donors (Lipinski definition) is 0. The van der Waals surface area contributed by atoms with Crippen LogP contribution in [0.5, 0.6) is 0 Å². The normalized spacial score (nSPS) is 19.2. The van der Waals surface area contributed by atoms with E-state index < -0.39 is 0 Å². The molecular formula is C15H16BrNOS. The van der Waals surface area contributed by atoms with E-state index in [-0.39, 0.29) is 5.91 Å². The summed E-state index contributed by atoms with van der Waals surface area (Å²) in [6.45, 7) is 1.81.